The second-order valence-corrected chi connectivity index (χ2v) is 5.08. The van der Waals surface area contributed by atoms with Gasteiger partial charge >= 0.3 is 0 Å². The Balaban J connectivity index is 2.15. The summed E-state index contributed by atoms with van der Waals surface area (Å²) >= 11 is 3.40. The average Bonchev–Trinajstić information content (AvgIpc) is 2.46. The second kappa shape index (κ2) is 6.43. The van der Waals surface area contributed by atoms with E-state index in [0.717, 1.165) is 21.5 Å². The van der Waals surface area contributed by atoms with E-state index in [0.29, 0.717) is 12.1 Å². The van der Waals surface area contributed by atoms with E-state index in [1.807, 2.05) is 30.3 Å². The van der Waals surface area contributed by atoms with Crippen LogP contribution >= 0.6 is 15.9 Å². The zero-order valence-electron chi connectivity index (χ0n) is 11.0. The van der Waals surface area contributed by atoms with Crippen molar-refractivity contribution in [1.82, 2.24) is 0 Å². The molecule has 104 valence electrons. The Labute approximate surface area is 126 Å². The molecule has 2 aromatic carbocycles. The van der Waals surface area contributed by atoms with Gasteiger partial charge in [0.25, 0.3) is 0 Å². The van der Waals surface area contributed by atoms with Gasteiger partial charge in [-0.2, -0.15) is 0 Å². The highest BCUT2D eigenvalue weighted by molar-refractivity contribution is 9.10. The molecule has 0 bridgehead atoms. The van der Waals surface area contributed by atoms with Gasteiger partial charge in [-0.3, -0.25) is 4.79 Å². The van der Waals surface area contributed by atoms with Gasteiger partial charge in [0, 0.05) is 23.9 Å². The third-order valence-corrected chi connectivity index (χ3v) is 3.57. The van der Waals surface area contributed by atoms with Crippen LogP contribution in [0, 0.1) is 0 Å². The number of rotatable bonds is 5. The monoisotopic (exact) mass is 334 g/mol. The maximum Gasteiger partial charge on any atom is 0.249 e. The van der Waals surface area contributed by atoms with Gasteiger partial charge in [0.2, 0.25) is 5.91 Å². The van der Waals surface area contributed by atoms with Crippen LogP contribution in [-0.2, 0) is 6.54 Å². The molecule has 0 aliphatic heterocycles. The first kappa shape index (κ1) is 14.4. The molecule has 0 saturated carbocycles. The van der Waals surface area contributed by atoms with E-state index in [-0.39, 0.29) is 0 Å². The van der Waals surface area contributed by atoms with Crippen LogP contribution in [0.2, 0.25) is 0 Å². The molecule has 0 fully saturated rings. The molecule has 5 heteroatoms. The minimum absolute atomic E-state index is 0.421. The van der Waals surface area contributed by atoms with Crippen molar-refractivity contribution in [2.45, 2.75) is 6.54 Å². The van der Waals surface area contributed by atoms with Crippen molar-refractivity contribution >= 4 is 27.5 Å². The van der Waals surface area contributed by atoms with Crippen molar-refractivity contribution in [3.05, 3.63) is 58.1 Å². The Kier molecular flexibility index (Phi) is 4.63. The molecule has 0 heterocycles. The highest BCUT2D eigenvalue weighted by Crippen LogP contribution is 2.28. The molecule has 0 radical (unpaired) electrons. The lowest BCUT2D eigenvalue weighted by atomic mass is 10.1. The molecular weight excluding hydrogens is 320 g/mol. The number of carbonyl (C=O) groups is 1. The molecule has 1 amide bonds. The number of carbonyl (C=O) groups excluding carboxylic acids is 1. The van der Waals surface area contributed by atoms with Gasteiger partial charge < -0.3 is 15.8 Å². The topological polar surface area (TPSA) is 64.3 Å². The van der Waals surface area contributed by atoms with Crippen molar-refractivity contribution in [2.24, 2.45) is 5.73 Å². The number of amides is 1. The van der Waals surface area contributed by atoms with Crippen LogP contribution in [0.5, 0.6) is 5.75 Å². The third kappa shape index (κ3) is 3.30. The summed E-state index contributed by atoms with van der Waals surface area (Å²) in [6.07, 6.45) is 0. The van der Waals surface area contributed by atoms with E-state index < -0.39 is 5.91 Å². The van der Waals surface area contributed by atoms with Gasteiger partial charge in [-0.1, -0.05) is 18.2 Å². The predicted octanol–water partition coefficient (Wildman–Crippen LogP) is 3.17. The molecule has 3 N–H and O–H groups in total. The zero-order chi connectivity index (χ0) is 14.5. The zero-order valence-corrected chi connectivity index (χ0v) is 12.6. The molecule has 0 unspecified atom stereocenters. The summed E-state index contributed by atoms with van der Waals surface area (Å²) in [5, 5.41) is 3.25. The number of anilines is 1. The van der Waals surface area contributed by atoms with Crippen molar-refractivity contribution in [1.29, 1.82) is 0 Å². The Morgan fingerprint density at radius 3 is 2.75 bits per heavy atom. The van der Waals surface area contributed by atoms with Crippen molar-refractivity contribution in [3.63, 3.8) is 0 Å². The molecule has 20 heavy (non-hydrogen) atoms. The molecule has 4 nitrogen and oxygen atoms in total. The van der Waals surface area contributed by atoms with Gasteiger partial charge in [0.15, 0.2) is 0 Å². The Morgan fingerprint density at radius 2 is 2.05 bits per heavy atom. The first-order chi connectivity index (χ1) is 9.61. The first-order valence-corrected chi connectivity index (χ1v) is 6.86. The van der Waals surface area contributed by atoms with Crippen LogP contribution in [0.1, 0.15) is 15.9 Å². The summed E-state index contributed by atoms with van der Waals surface area (Å²) in [6, 6.07) is 13.0. The predicted molar refractivity (Wildman–Crippen MR) is 83.0 cm³/mol. The first-order valence-electron chi connectivity index (χ1n) is 6.07. The number of halogens is 1. The number of nitrogens with two attached hydrogens (primary N) is 1. The van der Waals surface area contributed by atoms with Crippen LogP contribution in [0.25, 0.3) is 0 Å². The summed E-state index contributed by atoms with van der Waals surface area (Å²) in [4.78, 5) is 11.3. The standard InChI is InChI=1S/C15H15BrN2O2/c1-20-14-8-11(6-7-13(14)16)18-9-10-4-2-3-5-12(10)15(17)19/h2-8,18H,9H2,1H3,(H2,17,19). The summed E-state index contributed by atoms with van der Waals surface area (Å²) in [5.41, 5.74) is 7.66. The largest absolute Gasteiger partial charge is 0.495 e. The van der Waals surface area contributed by atoms with Crippen LogP contribution in [0.3, 0.4) is 0 Å². The lowest BCUT2D eigenvalue weighted by molar-refractivity contribution is 0.0999. The van der Waals surface area contributed by atoms with E-state index in [9.17, 15) is 4.79 Å². The third-order valence-electron chi connectivity index (χ3n) is 2.92. The highest BCUT2D eigenvalue weighted by Gasteiger charge is 2.07. The highest BCUT2D eigenvalue weighted by atomic mass is 79.9. The summed E-state index contributed by atoms with van der Waals surface area (Å²) in [7, 11) is 1.62. The van der Waals surface area contributed by atoms with Crippen LogP contribution in [-0.4, -0.2) is 13.0 Å². The fourth-order valence-corrected chi connectivity index (χ4v) is 2.29. The molecule has 0 aliphatic rings. The lowest BCUT2D eigenvalue weighted by Gasteiger charge is -2.11. The number of hydrogen-bond donors (Lipinski definition) is 2. The molecule has 0 aliphatic carbocycles. The molecular formula is C15H15BrN2O2. The van der Waals surface area contributed by atoms with E-state index >= 15 is 0 Å². The second-order valence-electron chi connectivity index (χ2n) is 4.22. The quantitative estimate of drug-likeness (QED) is 0.882. The van der Waals surface area contributed by atoms with Gasteiger partial charge in [-0.25, -0.2) is 0 Å². The number of nitrogens with one attached hydrogen (secondary N) is 1. The van der Waals surface area contributed by atoms with E-state index in [1.54, 1.807) is 19.2 Å². The number of benzene rings is 2. The molecule has 0 atom stereocenters. The number of ether oxygens (including phenoxy) is 1. The smallest absolute Gasteiger partial charge is 0.249 e. The van der Waals surface area contributed by atoms with E-state index in [4.69, 9.17) is 10.5 Å². The van der Waals surface area contributed by atoms with Crippen LogP contribution in [0.4, 0.5) is 5.69 Å². The fraction of sp³-hybridized carbons (Fsp3) is 0.133. The fourth-order valence-electron chi connectivity index (χ4n) is 1.88. The van der Waals surface area contributed by atoms with E-state index in [1.165, 1.54) is 0 Å². The maximum absolute atomic E-state index is 11.3. The lowest BCUT2D eigenvalue weighted by Crippen LogP contribution is -2.15. The maximum atomic E-state index is 11.3. The summed E-state index contributed by atoms with van der Waals surface area (Å²) < 4.78 is 6.13. The van der Waals surface area contributed by atoms with E-state index in [2.05, 4.69) is 21.2 Å². The molecule has 2 rings (SSSR count). The van der Waals surface area contributed by atoms with Gasteiger partial charge in [-0.05, 0) is 39.7 Å². The SMILES string of the molecule is COc1cc(NCc2ccccc2C(N)=O)ccc1Br. The summed E-state index contributed by atoms with van der Waals surface area (Å²) in [5.74, 6) is 0.328. The van der Waals surface area contributed by atoms with Crippen LogP contribution in [0.15, 0.2) is 46.9 Å². The average molecular weight is 335 g/mol. The normalized spacial score (nSPS) is 10.1. The minimum Gasteiger partial charge on any atom is -0.495 e. The van der Waals surface area contributed by atoms with Gasteiger partial charge in [-0.15, -0.1) is 0 Å². The van der Waals surface area contributed by atoms with Crippen molar-refractivity contribution in [3.8, 4) is 5.75 Å². The Bertz CT molecular complexity index is 629. The Hall–Kier alpha value is -2.01. The van der Waals surface area contributed by atoms with Gasteiger partial charge in [0.1, 0.15) is 5.75 Å². The molecule has 0 spiro atoms. The summed E-state index contributed by atoms with van der Waals surface area (Å²) in [6.45, 7) is 0.518. The van der Waals surface area contributed by atoms with Gasteiger partial charge in [0.05, 0.1) is 11.6 Å². The molecule has 0 saturated heterocycles. The molecule has 0 aromatic heterocycles. The minimum atomic E-state index is -0.421. The number of methoxy groups -OCH3 is 1. The Morgan fingerprint density at radius 1 is 1.30 bits per heavy atom. The van der Waals surface area contributed by atoms with Crippen LogP contribution < -0.4 is 15.8 Å². The number of hydrogen-bond acceptors (Lipinski definition) is 3. The number of primary amides is 1. The van der Waals surface area contributed by atoms with Crippen molar-refractivity contribution < 1.29 is 9.53 Å². The van der Waals surface area contributed by atoms with Crippen molar-refractivity contribution in [2.75, 3.05) is 12.4 Å². The molecule has 2 aromatic rings.